The summed E-state index contributed by atoms with van der Waals surface area (Å²) in [5, 5.41) is 41.1. The van der Waals surface area contributed by atoms with Gasteiger partial charge in [-0.05, 0) is 96.5 Å². The van der Waals surface area contributed by atoms with E-state index < -0.39 is 5.41 Å². The molecule has 0 atom stereocenters. The number of aryl methyl sites for hydroxylation is 4. The van der Waals surface area contributed by atoms with E-state index in [-0.39, 0.29) is 28.9 Å². The highest BCUT2D eigenvalue weighted by atomic mass is 16.3. The monoisotopic (exact) mass is 468 g/mol. The molecule has 4 aromatic carbocycles. The van der Waals surface area contributed by atoms with Crippen molar-refractivity contribution in [3.63, 3.8) is 0 Å². The summed E-state index contributed by atoms with van der Waals surface area (Å²) in [6.07, 6.45) is 0. The molecule has 0 aliphatic carbocycles. The van der Waals surface area contributed by atoms with Gasteiger partial charge >= 0.3 is 0 Å². The van der Waals surface area contributed by atoms with E-state index in [1.165, 1.54) is 0 Å². The second-order valence-electron chi connectivity index (χ2n) is 9.73. The molecule has 0 unspecified atom stereocenters. The zero-order valence-corrected chi connectivity index (χ0v) is 20.8. The minimum absolute atomic E-state index is 0.214. The van der Waals surface area contributed by atoms with Gasteiger partial charge in [-0.3, -0.25) is 0 Å². The number of phenols is 4. The Hall–Kier alpha value is -3.92. The first-order valence-corrected chi connectivity index (χ1v) is 11.7. The molecule has 4 aromatic rings. The number of hydrogen-bond donors (Lipinski definition) is 4. The summed E-state index contributed by atoms with van der Waals surface area (Å²) in [5.41, 5.74) is 6.46. The molecule has 0 amide bonds. The molecule has 0 radical (unpaired) electrons. The van der Waals surface area contributed by atoms with Crippen LogP contribution < -0.4 is 0 Å². The molecule has 0 heterocycles. The van der Waals surface area contributed by atoms with E-state index in [1.54, 1.807) is 24.3 Å². The summed E-state index contributed by atoms with van der Waals surface area (Å²) in [7, 11) is 0. The van der Waals surface area contributed by atoms with Crippen LogP contribution in [0.25, 0.3) is 0 Å². The predicted molar refractivity (Wildman–Crippen MR) is 140 cm³/mol. The van der Waals surface area contributed by atoms with Crippen LogP contribution in [0, 0.1) is 27.7 Å². The van der Waals surface area contributed by atoms with Gasteiger partial charge in [0.25, 0.3) is 0 Å². The first-order valence-electron chi connectivity index (χ1n) is 11.7. The standard InChI is InChI=1S/C31H32O4/c1-18-14-22(6-10-26(18)32)30(23-7-11-27(33)19(2)15-23)31(5,24-8-12-28(34)20(3)16-24)25-9-13-29(35)21(4)17-25/h6-17,30,32-35H,1-5H3. The highest BCUT2D eigenvalue weighted by Gasteiger charge is 2.40. The Labute approximate surface area is 206 Å². The first-order chi connectivity index (χ1) is 16.5. The summed E-state index contributed by atoms with van der Waals surface area (Å²) in [6.45, 7) is 9.69. The minimum atomic E-state index is -0.635. The van der Waals surface area contributed by atoms with E-state index in [0.29, 0.717) is 0 Å². The zero-order chi connectivity index (χ0) is 25.5. The van der Waals surface area contributed by atoms with E-state index in [4.69, 9.17) is 0 Å². The van der Waals surface area contributed by atoms with Gasteiger partial charge in [-0.15, -0.1) is 0 Å². The van der Waals surface area contributed by atoms with Crippen molar-refractivity contribution in [3.05, 3.63) is 117 Å². The summed E-state index contributed by atoms with van der Waals surface area (Å²) in [5.74, 6) is 0.717. The molecule has 4 N–H and O–H groups in total. The number of phenolic OH excluding ortho intramolecular Hbond substituents is 4. The number of rotatable bonds is 5. The minimum Gasteiger partial charge on any atom is -0.508 e. The molecule has 0 fully saturated rings. The van der Waals surface area contributed by atoms with Crippen LogP contribution in [0.5, 0.6) is 23.0 Å². The van der Waals surface area contributed by atoms with Crippen molar-refractivity contribution >= 4 is 0 Å². The van der Waals surface area contributed by atoms with Crippen LogP contribution in [0.1, 0.15) is 57.3 Å². The van der Waals surface area contributed by atoms with E-state index in [0.717, 1.165) is 44.5 Å². The molecule has 180 valence electrons. The topological polar surface area (TPSA) is 80.9 Å². The number of benzene rings is 4. The van der Waals surface area contributed by atoms with Gasteiger partial charge in [-0.25, -0.2) is 0 Å². The third-order valence-corrected chi connectivity index (χ3v) is 7.28. The molecule has 0 saturated heterocycles. The van der Waals surface area contributed by atoms with Crippen molar-refractivity contribution < 1.29 is 20.4 Å². The second kappa shape index (κ2) is 9.03. The van der Waals surface area contributed by atoms with Crippen molar-refractivity contribution in [2.75, 3.05) is 0 Å². The van der Waals surface area contributed by atoms with Crippen molar-refractivity contribution in [2.24, 2.45) is 0 Å². The van der Waals surface area contributed by atoms with Crippen LogP contribution in [0.2, 0.25) is 0 Å². The zero-order valence-electron chi connectivity index (χ0n) is 20.8. The maximum absolute atomic E-state index is 10.3. The Balaban J connectivity index is 2.10. The normalized spacial score (nSPS) is 11.7. The fourth-order valence-electron chi connectivity index (χ4n) is 5.03. The van der Waals surface area contributed by atoms with Crippen LogP contribution >= 0.6 is 0 Å². The van der Waals surface area contributed by atoms with Gasteiger partial charge in [0.15, 0.2) is 0 Å². The molecule has 4 rings (SSSR count). The molecular formula is C31H32O4. The van der Waals surface area contributed by atoms with E-state index >= 15 is 0 Å². The van der Waals surface area contributed by atoms with Crippen molar-refractivity contribution in [2.45, 2.75) is 46.0 Å². The summed E-state index contributed by atoms with van der Waals surface area (Å²) >= 11 is 0. The maximum atomic E-state index is 10.3. The Morgan fingerprint density at radius 3 is 1.11 bits per heavy atom. The molecule has 0 aliphatic heterocycles. The Bertz CT molecular complexity index is 1300. The smallest absolute Gasteiger partial charge is 0.118 e. The first kappa shape index (κ1) is 24.2. The molecule has 0 saturated carbocycles. The molecule has 0 aromatic heterocycles. The fraction of sp³-hybridized carbons (Fsp3) is 0.226. The molecular weight excluding hydrogens is 436 g/mol. The lowest BCUT2D eigenvalue weighted by Crippen LogP contribution is -2.33. The SMILES string of the molecule is Cc1cc(C(c2ccc(O)c(C)c2)C(C)(c2ccc(O)c(C)c2)c2ccc(O)c(C)c2)ccc1O. The lowest BCUT2D eigenvalue weighted by molar-refractivity contribution is 0.458. The highest BCUT2D eigenvalue weighted by molar-refractivity contribution is 5.55. The largest absolute Gasteiger partial charge is 0.508 e. The molecule has 4 heteroatoms. The van der Waals surface area contributed by atoms with E-state index in [2.05, 4.69) is 6.92 Å². The van der Waals surface area contributed by atoms with Crippen molar-refractivity contribution in [3.8, 4) is 23.0 Å². The highest BCUT2D eigenvalue weighted by Crippen LogP contribution is 2.50. The van der Waals surface area contributed by atoms with Gasteiger partial charge in [0.2, 0.25) is 0 Å². The van der Waals surface area contributed by atoms with E-state index in [1.807, 2.05) is 76.2 Å². The summed E-state index contributed by atoms with van der Waals surface area (Å²) < 4.78 is 0. The van der Waals surface area contributed by atoms with Crippen LogP contribution in [0.4, 0.5) is 0 Å². The number of aromatic hydroxyl groups is 4. The molecule has 35 heavy (non-hydrogen) atoms. The average Bonchev–Trinajstić information content (AvgIpc) is 2.82. The Morgan fingerprint density at radius 2 is 0.800 bits per heavy atom. The number of hydrogen-bond acceptors (Lipinski definition) is 4. The van der Waals surface area contributed by atoms with Crippen LogP contribution in [-0.4, -0.2) is 20.4 Å². The lowest BCUT2D eigenvalue weighted by atomic mass is 9.62. The molecule has 0 spiro atoms. The lowest BCUT2D eigenvalue weighted by Gasteiger charge is -2.40. The molecule has 0 bridgehead atoms. The fourth-order valence-corrected chi connectivity index (χ4v) is 5.03. The molecule has 0 aliphatic rings. The van der Waals surface area contributed by atoms with Gasteiger partial charge < -0.3 is 20.4 Å². The van der Waals surface area contributed by atoms with Gasteiger partial charge in [-0.1, -0.05) is 55.5 Å². The third kappa shape index (κ3) is 4.32. The van der Waals surface area contributed by atoms with Gasteiger partial charge in [0.1, 0.15) is 23.0 Å². The van der Waals surface area contributed by atoms with E-state index in [9.17, 15) is 20.4 Å². The molecule has 4 nitrogen and oxygen atoms in total. The van der Waals surface area contributed by atoms with Gasteiger partial charge in [0.05, 0.1) is 0 Å². The quantitative estimate of drug-likeness (QED) is 0.257. The second-order valence-corrected chi connectivity index (χ2v) is 9.73. The van der Waals surface area contributed by atoms with Crippen LogP contribution in [-0.2, 0) is 5.41 Å². The van der Waals surface area contributed by atoms with Crippen molar-refractivity contribution in [1.29, 1.82) is 0 Å². The average molecular weight is 469 g/mol. The van der Waals surface area contributed by atoms with Gasteiger partial charge in [0, 0.05) is 11.3 Å². The summed E-state index contributed by atoms with van der Waals surface area (Å²) in [6, 6.07) is 22.6. The maximum Gasteiger partial charge on any atom is 0.118 e. The Kier molecular flexibility index (Phi) is 6.25. The third-order valence-electron chi connectivity index (χ3n) is 7.28. The summed E-state index contributed by atoms with van der Waals surface area (Å²) in [4.78, 5) is 0. The Morgan fingerprint density at radius 1 is 0.486 bits per heavy atom. The van der Waals surface area contributed by atoms with Gasteiger partial charge in [-0.2, -0.15) is 0 Å². The van der Waals surface area contributed by atoms with Crippen LogP contribution in [0.15, 0.2) is 72.8 Å². The predicted octanol–water partition coefficient (Wildman–Crippen LogP) is 6.88. The van der Waals surface area contributed by atoms with Crippen LogP contribution in [0.3, 0.4) is 0 Å². The van der Waals surface area contributed by atoms with Crippen molar-refractivity contribution in [1.82, 2.24) is 0 Å².